The zero-order valence-electron chi connectivity index (χ0n) is 10.2. The summed E-state index contributed by atoms with van der Waals surface area (Å²) in [7, 11) is 0. The number of halogens is 2. The second-order valence-electron chi connectivity index (χ2n) is 3.85. The average Bonchev–Trinajstić information content (AvgIpc) is 2.88. The predicted octanol–water partition coefficient (Wildman–Crippen LogP) is 2.74. The van der Waals surface area contributed by atoms with Crippen LogP contribution < -0.4 is 4.74 Å². The van der Waals surface area contributed by atoms with Gasteiger partial charge in [-0.15, -0.1) is 0 Å². The van der Waals surface area contributed by atoms with Gasteiger partial charge >= 0.3 is 11.7 Å². The molecule has 0 unspecified atom stereocenters. The minimum atomic E-state index is -1.28. The van der Waals surface area contributed by atoms with E-state index < -0.39 is 34.0 Å². The quantitative estimate of drug-likeness (QED) is 0.672. The van der Waals surface area contributed by atoms with E-state index in [2.05, 4.69) is 0 Å². The van der Waals surface area contributed by atoms with Crippen LogP contribution in [0.3, 0.4) is 0 Å². The SMILES string of the molecule is O=C(O)c1ccc(COc2cc(F)c([N+](=O)[O-])cc2F)o1. The molecule has 0 fully saturated rings. The smallest absolute Gasteiger partial charge is 0.371 e. The number of nitro benzene ring substituents is 1. The second kappa shape index (κ2) is 5.57. The summed E-state index contributed by atoms with van der Waals surface area (Å²) in [6, 6.07) is 3.40. The van der Waals surface area contributed by atoms with Gasteiger partial charge in [0, 0.05) is 6.07 Å². The molecule has 110 valence electrons. The highest BCUT2D eigenvalue weighted by Crippen LogP contribution is 2.27. The number of carbonyl (C=O) groups is 1. The van der Waals surface area contributed by atoms with Gasteiger partial charge in [0.05, 0.1) is 11.0 Å². The first-order valence-corrected chi connectivity index (χ1v) is 5.46. The number of hydrogen-bond donors (Lipinski definition) is 1. The van der Waals surface area contributed by atoms with Crippen LogP contribution in [0.25, 0.3) is 0 Å². The highest BCUT2D eigenvalue weighted by Gasteiger charge is 2.19. The maximum Gasteiger partial charge on any atom is 0.371 e. The lowest BCUT2D eigenvalue weighted by molar-refractivity contribution is -0.387. The Labute approximate surface area is 115 Å². The lowest BCUT2D eigenvalue weighted by atomic mass is 10.3. The van der Waals surface area contributed by atoms with E-state index in [0.717, 1.165) is 0 Å². The average molecular weight is 299 g/mol. The first-order valence-electron chi connectivity index (χ1n) is 5.46. The van der Waals surface area contributed by atoms with Gasteiger partial charge in [-0.2, -0.15) is 4.39 Å². The van der Waals surface area contributed by atoms with Crippen LogP contribution in [0.1, 0.15) is 16.3 Å². The summed E-state index contributed by atoms with van der Waals surface area (Å²) in [6.07, 6.45) is 0. The first-order chi connectivity index (χ1) is 9.88. The number of aromatic carboxylic acids is 1. The molecule has 0 saturated carbocycles. The van der Waals surface area contributed by atoms with E-state index >= 15 is 0 Å². The maximum absolute atomic E-state index is 13.5. The molecule has 1 aromatic carbocycles. The zero-order chi connectivity index (χ0) is 15.6. The molecule has 0 spiro atoms. The van der Waals surface area contributed by atoms with Crippen LogP contribution in [0.2, 0.25) is 0 Å². The van der Waals surface area contributed by atoms with Crippen molar-refractivity contribution in [2.45, 2.75) is 6.61 Å². The Morgan fingerprint density at radius 1 is 1.33 bits per heavy atom. The summed E-state index contributed by atoms with van der Waals surface area (Å²) >= 11 is 0. The van der Waals surface area contributed by atoms with Gasteiger partial charge in [-0.3, -0.25) is 10.1 Å². The molecule has 0 saturated heterocycles. The third-order valence-corrected chi connectivity index (χ3v) is 2.44. The van der Waals surface area contributed by atoms with Gasteiger partial charge in [0.2, 0.25) is 11.6 Å². The standard InChI is InChI=1S/C12H7F2NO6/c13-7-4-11(8(14)3-9(7)15(18)19)20-5-6-1-2-10(21-6)12(16)17/h1-4H,5H2,(H,16,17). The van der Waals surface area contributed by atoms with Crippen molar-refractivity contribution in [1.29, 1.82) is 0 Å². The molecule has 21 heavy (non-hydrogen) atoms. The molecular formula is C12H7F2NO6. The number of hydrogen-bond acceptors (Lipinski definition) is 5. The van der Waals surface area contributed by atoms with Crippen LogP contribution >= 0.6 is 0 Å². The Hall–Kier alpha value is -2.97. The molecule has 1 heterocycles. The van der Waals surface area contributed by atoms with Gasteiger partial charge in [-0.25, -0.2) is 9.18 Å². The van der Waals surface area contributed by atoms with Crippen LogP contribution in [0.4, 0.5) is 14.5 Å². The van der Waals surface area contributed by atoms with E-state index in [1.165, 1.54) is 12.1 Å². The first kappa shape index (κ1) is 14.4. The summed E-state index contributed by atoms with van der Waals surface area (Å²) in [5, 5.41) is 19.1. The predicted molar refractivity (Wildman–Crippen MR) is 63.0 cm³/mol. The third kappa shape index (κ3) is 3.14. The molecule has 7 nitrogen and oxygen atoms in total. The van der Waals surface area contributed by atoms with Crippen molar-refractivity contribution < 1.29 is 32.8 Å². The van der Waals surface area contributed by atoms with Gasteiger partial charge < -0.3 is 14.3 Å². The Balaban J connectivity index is 2.14. The molecule has 9 heteroatoms. The minimum absolute atomic E-state index is 0.0746. The summed E-state index contributed by atoms with van der Waals surface area (Å²) in [6.45, 7) is -0.360. The van der Waals surface area contributed by atoms with Gasteiger partial charge in [-0.05, 0) is 12.1 Å². The van der Waals surface area contributed by atoms with Crippen molar-refractivity contribution >= 4 is 11.7 Å². The lowest BCUT2D eigenvalue weighted by Gasteiger charge is -2.05. The molecule has 0 bridgehead atoms. The summed E-state index contributed by atoms with van der Waals surface area (Å²) in [5.74, 6) is -4.45. The Kier molecular flexibility index (Phi) is 3.83. The highest BCUT2D eigenvalue weighted by molar-refractivity contribution is 5.84. The lowest BCUT2D eigenvalue weighted by Crippen LogP contribution is -2.00. The summed E-state index contributed by atoms with van der Waals surface area (Å²) in [4.78, 5) is 19.9. The van der Waals surface area contributed by atoms with Crippen molar-refractivity contribution in [2.75, 3.05) is 0 Å². The molecule has 2 rings (SSSR count). The molecule has 0 aliphatic carbocycles. The molecule has 1 aromatic heterocycles. The number of nitrogens with zero attached hydrogens (tertiary/aromatic N) is 1. The van der Waals surface area contributed by atoms with E-state index in [1.807, 2.05) is 0 Å². The van der Waals surface area contributed by atoms with Crippen molar-refractivity contribution in [1.82, 2.24) is 0 Å². The van der Waals surface area contributed by atoms with Gasteiger partial charge in [0.1, 0.15) is 12.4 Å². The second-order valence-corrected chi connectivity index (χ2v) is 3.85. The van der Waals surface area contributed by atoms with Crippen LogP contribution in [-0.4, -0.2) is 16.0 Å². The fraction of sp³-hybridized carbons (Fsp3) is 0.0833. The number of furan rings is 1. The maximum atomic E-state index is 13.5. The highest BCUT2D eigenvalue weighted by atomic mass is 19.1. The molecule has 1 N–H and O–H groups in total. The van der Waals surface area contributed by atoms with Crippen molar-refractivity contribution in [3.05, 3.63) is 57.5 Å². The van der Waals surface area contributed by atoms with E-state index in [1.54, 1.807) is 0 Å². The Morgan fingerprint density at radius 3 is 2.62 bits per heavy atom. The Bertz CT molecular complexity index is 712. The molecular weight excluding hydrogens is 292 g/mol. The minimum Gasteiger partial charge on any atom is -0.482 e. The number of carboxylic acid groups (broad SMARTS) is 1. The normalized spacial score (nSPS) is 10.4. The summed E-state index contributed by atoms with van der Waals surface area (Å²) in [5.41, 5.74) is -1.01. The van der Waals surface area contributed by atoms with Gasteiger partial charge in [0.15, 0.2) is 11.6 Å². The van der Waals surface area contributed by atoms with Crippen molar-refractivity contribution in [3.8, 4) is 5.75 Å². The topological polar surface area (TPSA) is 103 Å². The van der Waals surface area contributed by atoms with Crippen molar-refractivity contribution in [2.24, 2.45) is 0 Å². The number of ether oxygens (including phenoxy) is 1. The van der Waals surface area contributed by atoms with E-state index in [4.69, 9.17) is 14.3 Å². The Morgan fingerprint density at radius 2 is 2.05 bits per heavy atom. The van der Waals surface area contributed by atoms with E-state index in [9.17, 15) is 23.7 Å². The number of carboxylic acids is 1. The van der Waals surface area contributed by atoms with Gasteiger partial charge in [0.25, 0.3) is 0 Å². The molecule has 0 aliphatic heterocycles. The third-order valence-electron chi connectivity index (χ3n) is 2.44. The van der Waals surface area contributed by atoms with E-state index in [-0.39, 0.29) is 18.1 Å². The van der Waals surface area contributed by atoms with Crippen molar-refractivity contribution in [3.63, 3.8) is 0 Å². The zero-order valence-corrected chi connectivity index (χ0v) is 10.2. The summed E-state index contributed by atoms with van der Waals surface area (Å²) < 4.78 is 36.6. The molecule has 0 aliphatic rings. The fourth-order valence-electron chi connectivity index (χ4n) is 1.49. The van der Waals surface area contributed by atoms with Gasteiger partial charge in [-0.1, -0.05) is 0 Å². The van der Waals surface area contributed by atoms with Crippen LogP contribution in [-0.2, 0) is 6.61 Å². The number of benzene rings is 1. The monoisotopic (exact) mass is 299 g/mol. The van der Waals surface area contributed by atoms with Crippen LogP contribution in [0.5, 0.6) is 5.75 Å². The largest absolute Gasteiger partial charge is 0.482 e. The van der Waals surface area contributed by atoms with E-state index in [0.29, 0.717) is 12.1 Å². The number of rotatable bonds is 5. The van der Waals surface area contributed by atoms with Crippen LogP contribution in [0.15, 0.2) is 28.7 Å². The molecule has 2 aromatic rings. The van der Waals surface area contributed by atoms with Crippen LogP contribution in [0, 0.1) is 21.7 Å². The molecule has 0 amide bonds. The fourth-order valence-corrected chi connectivity index (χ4v) is 1.49. The molecule has 0 radical (unpaired) electrons. The number of nitro groups is 1. The molecule has 0 atom stereocenters.